The molecule has 0 radical (unpaired) electrons. The van der Waals surface area contributed by atoms with Crippen LogP contribution < -0.4 is 10.4 Å². The summed E-state index contributed by atoms with van der Waals surface area (Å²) in [6.07, 6.45) is 7.79. The van der Waals surface area contributed by atoms with Crippen molar-refractivity contribution in [1.29, 1.82) is 0 Å². The average molecular weight is 271 g/mol. The molecule has 21 heavy (non-hydrogen) atoms. The zero-order valence-corrected chi connectivity index (χ0v) is 12.1. The van der Waals surface area contributed by atoms with Crippen molar-refractivity contribution in [3.05, 3.63) is 77.8 Å². The molecule has 3 aromatic rings. The highest BCUT2D eigenvalue weighted by Crippen LogP contribution is 2.20. The Bertz CT molecular complexity index is 920. The molecule has 0 unspecified atom stereocenters. The van der Waals surface area contributed by atoms with E-state index in [1.807, 2.05) is 31.3 Å². The summed E-state index contributed by atoms with van der Waals surface area (Å²) in [6, 6.07) is 16.9. The third kappa shape index (κ3) is 2.50. The molecule has 3 rings (SSSR count). The fourth-order valence-electron chi connectivity index (χ4n) is 2.60. The Kier molecular flexibility index (Phi) is 3.65. The summed E-state index contributed by atoms with van der Waals surface area (Å²) in [7, 11) is 0. The molecule has 0 saturated carbocycles. The minimum Gasteiger partial charge on any atom is -0.256 e. The van der Waals surface area contributed by atoms with Crippen LogP contribution in [0.15, 0.2) is 67.4 Å². The molecule has 102 valence electrons. The monoisotopic (exact) mass is 271 g/mol. The van der Waals surface area contributed by atoms with Gasteiger partial charge in [-0.15, -0.1) is 0 Å². The maximum Gasteiger partial charge on any atom is 0.0780 e. The fourth-order valence-corrected chi connectivity index (χ4v) is 2.60. The maximum atomic E-state index is 4.58. The third-order valence-electron chi connectivity index (χ3n) is 3.64. The topological polar surface area (TPSA) is 12.9 Å². The number of hydrogen-bond donors (Lipinski definition) is 0. The summed E-state index contributed by atoms with van der Waals surface area (Å²) in [5.41, 5.74) is 2.13. The zero-order valence-electron chi connectivity index (χ0n) is 12.1. The average Bonchev–Trinajstić information content (AvgIpc) is 2.55. The minimum atomic E-state index is 0.997. The molecule has 2 aromatic carbocycles. The lowest BCUT2D eigenvalue weighted by Gasteiger charge is -2.05. The molecule has 0 saturated heterocycles. The molecule has 0 aliphatic carbocycles. The van der Waals surface area contributed by atoms with Gasteiger partial charge < -0.3 is 0 Å². The molecule has 0 aliphatic heterocycles. The van der Waals surface area contributed by atoms with Gasteiger partial charge in [-0.3, -0.25) is 4.98 Å². The lowest BCUT2D eigenvalue weighted by molar-refractivity contribution is 1.27. The van der Waals surface area contributed by atoms with Gasteiger partial charge in [-0.05, 0) is 35.0 Å². The van der Waals surface area contributed by atoms with Crippen molar-refractivity contribution in [2.45, 2.75) is 6.92 Å². The molecule has 1 heteroatoms. The van der Waals surface area contributed by atoms with Crippen LogP contribution in [0.1, 0.15) is 6.92 Å². The van der Waals surface area contributed by atoms with Crippen LogP contribution in [-0.4, -0.2) is 4.98 Å². The molecule has 0 bridgehead atoms. The van der Waals surface area contributed by atoms with Crippen LogP contribution in [0.2, 0.25) is 0 Å². The van der Waals surface area contributed by atoms with Crippen LogP contribution in [0.25, 0.3) is 34.2 Å². The summed E-state index contributed by atoms with van der Waals surface area (Å²) < 4.78 is 0. The van der Waals surface area contributed by atoms with Crippen molar-refractivity contribution in [2.24, 2.45) is 0 Å². The van der Waals surface area contributed by atoms with Gasteiger partial charge in [-0.1, -0.05) is 61.2 Å². The molecular formula is C20H17N. The van der Waals surface area contributed by atoms with Crippen LogP contribution in [0, 0.1) is 0 Å². The lowest BCUT2D eigenvalue weighted by atomic mass is 10.0. The molecule has 0 N–H and O–H groups in total. The second-order valence-electron chi connectivity index (χ2n) is 4.92. The Hall–Kier alpha value is -2.67. The Labute approximate surface area is 124 Å². The van der Waals surface area contributed by atoms with Gasteiger partial charge in [0.2, 0.25) is 0 Å². The van der Waals surface area contributed by atoms with E-state index in [1.165, 1.54) is 16.0 Å². The van der Waals surface area contributed by atoms with Crippen molar-refractivity contribution >= 4 is 22.9 Å². The largest absolute Gasteiger partial charge is 0.256 e. The first kappa shape index (κ1) is 13.3. The van der Waals surface area contributed by atoms with E-state index in [-0.39, 0.29) is 0 Å². The number of hydrogen-bond acceptors (Lipinski definition) is 1. The Morgan fingerprint density at radius 2 is 1.81 bits per heavy atom. The Morgan fingerprint density at radius 1 is 1.00 bits per heavy atom. The van der Waals surface area contributed by atoms with Gasteiger partial charge >= 0.3 is 0 Å². The van der Waals surface area contributed by atoms with Crippen LogP contribution in [-0.2, 0) is 0 Å². The highest BCUT2D eigenvalue weighted by atomic mass is 14.7. The van der Waals surface area contributed by atoms with Gasteiger partial charge in [0, 0.05) is 17.0 Å². The summed E-state index contributed by atoms with van der Waals surface area (Å²) in [5.74, 6) is 0. The summed E-state index contributed by atoms with van der Waals surface area (Å²) >= 11 is 0. The number of rotatable bonds is 2. The summed E-state index contributed by atoms with van der Waals surface area (Å²) in [5, 5.41) is 4.76. The van der Waals surface area contributed by atoms with Crippen molar-refractivity contribution in [1.82, 2.24) is 4.98 Å². The van der Waals surface area contributed by atoms with E-state index in [2.05, 4.69) is 60.1 Å². The predicted molar refractivity (Wildman–Crippen MR) is 91.2 cm³/mol. The van der Waals surface area contributed by atoms with Crippen LogP contribution in [0.4, 0.5) is 0 Å². The predicted octanol–water partition coefficient (Wildman–Crippen LogP) is 3.67. The number of allylic oxidation sites excluding steroid dienone is 1. The second kappa shape index (κ2) is 5.76. The molecule has 1 heterocycles. The minimum absolute atomic E-state index is 0.997. The van der Waals surface area contributed by atoms with Crippen molar-refractivity contribution in [3.63, 3.8) is 0 Å². The molecule has 1 nitrogen and oxygen atoms in total. The number of nitrogens with zero attached hydrogens (tertiary/aromatic N) is 1. The Balaban J connectivity index is 2.33. The lowest BCUT2D eigenvalue weighted by Crippen LogP contribution is -2.27. The zero-order chi connectivity index (χ0) is 14.7. The highest BCUT2D eigenvalue weighted by Gasteiger charge is 2.03. The number of aromatic nitrogens is 1. The standard InChI is InChI=1S/C20H17N/c1-3-7-19-15(4-2)12-13-21-20(19)18-11-10-16-8-5-6-9-17(16)14-18/h3-14H,1H2,2H3/b15-4-,19-7+. The van der Waals surface area contributed by atoms with E-state index in [0.717, 1.165) is 16.5 Å². The van der Waals surface area contributed by atoms with Gasteiger partial charge in [0.25, 0.3) is 0 Å². The van der Waals surface area contributed by atoms with Crippen LogP contribution >= 0.6 is 0 Å². The number of benzene rings is 2. The molecular weight excluding hydrogens is 254 g/mol. The maximum absolute atomic E-state index is 4.58. The SMILES string of the molecule is C=C/C=c1/c(-c2ccc3ccccc3c2)ncc/c1=C/C. The van der Waals surface area contributed by atoms with Gasteiger partial charge in [0.05, 0.1) is 5.69 Å². The van der Waals surface area contributed by atoms with Crippen LogP contribution in [0.3, 0.4) is 0 Å². The van der Waals surface area contributed by atoms with Gasteiger partial charge in [-0.25, -0.2) is 0 Å². The number of pyridine rings is 1. The van der Waals surface area contributed by atoms with E-state index >= 15 is 0 Å². The van der Waals surface area contributed by atoms with E-state index in [0.29, 0.717) is 0 Å². The summed E-state index contributed by atoms with van der Waals surface area (Å²) in [4.78, 5) is 4.58. The molecule has 0 fully saturated rings. The Morgan fingerprint density at radius 3 is 2.57 bits per heavy atom. The van der Waals surface area contributed by atoms with Crippen molar-refractivity contribution < 1.29 is 0 Å². The molecule has 0 aliphatic rings. The number of fused-ring (bicyclic) bond motifs is 1. The normalized spacial score (nSPS) is 12.8. The molecule has 1 aromatic heterocycles. The van der Waals surface area contributed by atoms with Gasteiger partial charge in [-0.2, -0.15) is 0 Å². The van der Waals surface area contributed by atoms with E-state index in [4.69, 9.17) is 0 Å². The van der Waals surface area contributed by atoms with E-state index in [1.54, 1.807) is 0 Å². The highest BCUT2D eigenvalue weighted by molar-refractivity contribution is 5.86. The molecule has 0 spiro atoms. The third-order valence-corrected chi connectivity index (χ3v) is 3.64. The van der Waals surface area contributed by atoms with Gasteiger partial charge in [0.1, 0.15) is 0 Å². The summed E-state index contributed by atoms with van der Waals surface area (Å²) in [6.45, 7) is 5.86. The van der Waals surface area contributed by atoms with E-state index in [9.17, 15) is 0 Å². The molecule has 0 amide bonds. The fraction of sp³-hybridized carbons (Fsp3) is 0.0500. The second-order valence-corrected chi connectivity index (χ2v) is 4.92. The first-order valence-corrected chi connectivity index (χ1v) is 7.07. The van der Waals surface area contributed by atoms with Crippen molar-refractivity contribution in [3.8, 4) is 11.3 Å². The quantitative estimate of drug-likeness (QED) is 0.693. The molecule has 0 atom stereocenters. The smallest absolute Gasteiger partial charge is 0.0780 e. The first-order chi connectivity index (χ1) is 10.3. The van der Waals surface area contributed by atoms with Crippen LogP contribution in [0.5, 0.6) is 0 Å². The van der Waals surface area contributed by atoms with Crippen molar-refractivity contribution in [2.75, 3.05) is 0 Å². The van der Waals surface area contributed by atoms with E-state index < -0.39 is 0 Å². The van der Waals surface area contributed by atoms with Gasteiger partial charge in [0.15, 0.2) is 0 Å². The first-order valence-electron chi connectivity index (χ1n) is 7.07.